The van der Waals surface area contributed by atoms with Gasteiger partial charge in [-0.3, -0.25) is 14.6 Å². The highest BCUT2D eigenvalue weighted by Crippen LogP contribution is 2.10. The maximum atomic E-state index is 12.7. The highest BCUT2D eigenvalue weighted by molar-refractivity contribution is 5.98. The fourth-order valence-electron chi connectivity index (χ4n) is 2.93. The van der Waals surface area contributed by atoms with Crippen LogP contribution in [0, 0.1) is 6.92 Å². The van der Waals surface area contributed by atoms with Crippen molar-refractivity contribution in [2.24, 2.45) is 0 Å². The van der Waals surface area contributed by atoms with Gasteiger partial charge in [0.05, 0.1) is 0 Å². The highest BCUT2D eigenvalue weighted by Gasteiger charge is 2.15. The first kappa shape index (κ1) is 19.3. The van der Waals surface area contributed by atoms with Gasteiger partial charge in [-0.05, 0) is 30.2 Å². The Hall–Kier alpha value is -3.47. The van der Waals surface area contributed by atoms with E-state index in [2.05, 4.69) is 10.3 Å². The van der Waals surface area contributed by atoms with Crippen molar-refractivity contribution in [3.05, 3.63) is 101 Å². The van der Waals surface area contributed by atoms with Gasteiger partial charge in [0, 0.05) is 31.9 Å². The third-order valence-corrected chi connectivity index (χ3v) is 4.38. The molecule has 0 saturated carbocycles. The normalized spacial score (nSPS) is 10.4. The molecule has 0 atom stereocenters. The summed E-state index contributed by atoms with van der Waals surface area (Å²) in [6, 6.07) is 20.9. The molecule has 28 heavy (non-hydrogen) atoms. The van der Waals surface area contributed by atoms with Crippen LogP contribution in [0.25, 0.3) is 0 Å². The lowest BCUT2D eigenvalue weighted by atomic mass is 10.1. The van der Waals surface area contributed by atoms with Crippen LogP contribution in [0.15, 0.2) is 72.9 Å². The Morgan fingerprint density at radius 1 is 0.964 bits per heavy atom. The van der Waals surface area contributed by atoms with Crippen LogP contribution in [0.1, 0.15) is 37.5 Å². The molecule has 0 aliphatic rings. The second-order valence-corrected chi connectivity index (χ2v) is 6.75. The Bertz CT molecular complexity index is 970. The van der Waals surface area contributed by atoms with Crippen LogP contribution in [0.4, 0.5) is 0 Å². The molecule has 0 fully saturated rings. The van der Waals surface area contributed by atoms with Gasteiger partial charge in [0.1, 0.15) is 5.69 Å². The molecular formula is C23H23N3O2. The Labute approximate surface area is 165 Å². The van der Waals surface area contributed by atoms with Crippen molar-refractivity contribution < 1.29 is 9.59 Å². The van der Waals surface area contributed by atoms with E-state index in [1.54, 1.807) is 18.0 Å². The summed E-state index contributed by atoms with van der Waals surface area (Å²) in [4.78, 5) is 30.9. The minimum Gasteiger partial charge on any atom is -0.347 e. The summed E-state index contributed by atoms with van der Waals surface area (Å²) < 4.78 is 0. The summed E-state index contributed by atoms with van der Waals surface area (Å²) in [6.45, 7) is 2.92. The number of nitrogens with one attached hydrogen (secondary N) is 1. The Balaban J connectivity index is 1.65. The predicted molar refractivity (Wildman–Crippen MR) is 109 cm³/mol. The van der Waals surface area contributed by atoms with E-state index in [1.165, 1.54) is 12.3 Å². The van der Waals surface area contributed by atoms with E-state index in [4.69, 9.17) is 0 Å². The fourth-order valence-corrected chi connectivity index (χ4v) is 2.93. The largest absolute Gasteiger partial charge is 0.347 e. The van der Waals surface area contributed by atoms with Gasteiger partial charge >= 0.3 is 0 Å². The molecule has 1 aromatic heterocycles. The predicted octanol–water partition coefficient (Wildman–Crippen LogP) is 3.59. The zero-order valence-electron chi connectivity index (χ0n) is 16.1. The van der Waals surface area contributed by atoms with Gasteiger partial charge in [-0.25, -0.2) is 0 Å². The van der Waals surface area contributed by atoms with E-state index < -0.39 is 0 Å². The molecule has 0 bridgehead atoms. The molecule has 142 valence electrons. The SMILES string of the molecule is Cc1cccc(CNC(=O)c2cc(C(=O)N(C)Cc3ccccc3)ccn2)c1. The molecule has 5 nitrogen and oxygen atoms in total. The zero-order valence-corrected chi connectivity index (χ0v) is 16.1. The smallest absolute Gasteiger partial charge is 0.270 e. The van der Waals surface area contributed by atoms with Crippen molar-refractivity contribution in [2.75, 3.05) is 7.05 Å². The van der Waals surface area contributed by atoms with Crippen LogP contribution in [0.5, 0.6) is 0 Å². The van der Waals surface area contributed by atoms with E-state index in [1.807, 2.05) is 61.5 Å². The van der Waals surface area contributed by atoms with Crippen molar-refractivity contribution in [1.29, 1.82) is 0 Å². The number of carbonyl (C=O) groups is 2. The van der Waals surface area contributed by atoms with Crippen LogP contribution in [0.2, 0.25) is 0 Å². The topological polar surface area (TPSA) is 62.3 Å². The second kappa shape index (κ2) is 8.95. The van der Waals surface area contributed by atoms with Crippen LogP contribution in [-0.4, -0.2) is 28.7 Å². The number of aromatic nitrogens is 1. The molecule has 5 heteroatoms. The summed E-state index contributed by atoms with van der Waals surface area (Å²) in [5.74, 6) is -0.458. The summed E-state index contributed by atoms with van der Waals surface area (Å²) in [7, 11) is 1.74. The van der Waals surface area contributed by atoms with E-state index in [-0.39, 0.29) is 17.5 Å². The minimum absolute atomic E-state index is 0.154. The third kappa shape index (κ3) is 5.04. The highest BCUT2D eigenvalue weighted by atomic mass is 16.2. The maximum Gasteiger partial charge on any atom is 0.270 e. The van der Waals surface area contributed by atoms with Crippen molar-refractivity contribution in [1.82, 2.24) is 15.2 Å². The van der Waals surface area contributed by atoms with Crippen molar-refractivity contribution in [3.63, 3.8) is 0 Å². The lowest BCUT2D eigenvalue weighted by Crippen LogP contribution is -2.27. The van der Waals surface area contributed by atoms with Crippen molar-refractivity contribution >= 4 is 11.8 Å². The first-order valence-corrected chi connectivity index (χ1v) is 9.12. The van der Waals surface area contributed by atoms with E-state index in [0.29, 0.717) is 18.7 Å². The lowest BCUT2D eigenvalue weighted by Gasteiger charge is -2.17. The summed E-state index contributed by atoms with van der Waals surface area (Å²) in [5, 5.41) is 2.85. The number of pyridine rings is 1. The summed E-state index contributed by atoms with van der Waals surface area (Å²) in [6.07, 6.45) is 1.49. The molecule has 0 saturated heterocycles. The molecule has 1 heterocycles. The number of nitrogens with zero attached hydrogens (tertiary/aromatic N) is 2. The van der Waals surface area contributed by atoms with Gasteiger partial charge in [0.25, 0.3) is 11.8 Å². The van der Waals surface area contributed by atoms with Gasteiger partial charge in [0.2, 0.25) is 0 Å². The molecule has 3 rings (SSSR count). The van der Waals surface area contributed by atoms with Gasteiger partial charge < -0.3 is 10.2 Å². The molecule has 1 N–H and O–H groups in total. The number of benzene rings is 2. The average Bonchev–Trinajstić information content (AvgIpc) is 2.72. The molecule has 2 aromatic carbocycles. The van der Waals surface area contributed by atoms with E-state index in [9.17, 15) is 9.59 Å². The molecule has 0 radical (unpaired) electrons. The average molecular weight is 373 g/mol. The quantitative estimate of drug-likeness (QED) is 0.718. The van der Waals surface area contributed by atoms with Crippen LogP contribution in [0.3, 0.4) is 0 Å². The van der Waals surface area contributed by atoms with Gasteiger partial charge in [-0.15, -0.1) is 0 Å². The van der Waals surface area contributed by atoms with Gasteiger partial charge in [-0.1, -0.05) is 60.2 Å². The Morgan fingerprint density at radius 2 is 1.71 bits per heavy atom. The third-order valence-electron chi connectivity index (χ3n) is 4.38. The molecule has 3 aromatic rings. The fraction of sp³-hybridized carbons (Fsp3) is 0.174. The molecule has 0 unspecified atom stereocenters. The molecule has 0 aliphatic heterocycles. The van der Waals surface area contributed by atoms with Crippen molar-refractivity contribution in [2.45, 2.75) is 20.0 Å². The molecular weight excluding hydrogens is 350 g/mol. The monoisotopic (exact) mass is 373 g/mol. The number of hydrogen-bond donors (Lipinski definition) is 1. The van der Waals surface area contributed by atoms with Gasteiger partial charge in [-0.2, -0.15) is 0 Å². The molecule has 0 spiro atoms. The summed E-state index contributed by atoms with van der Waals surface area (Å²) >= 11 is 0. The maximum absolute atomic E-state index is 12.7. The first-order valence-electron chi connectivity index (χ1n) is 9.12. The van der Waals surface area contributed by atoms with E-state index >= 15 is 0 Å². The number of amides is 2. The first-order chi connectivity index (χ1) is 13.5. The second-order valence-electron chi connectivity index (χ2n) is 6.75. The number of carbonyl (C=O) groups excluding carboxylic acids is 2. The number of rotatable bonds is 6. The standard InChI is InChI=1S/C23H23N3O2/c1-17-7-6-10-19(13-17)15-25-22(27)21-14-20(11-12-24-21)23(28)26(2)16-18-8-4-3-5-9-18/h3-14H,15-16H2,1-2H3,(H,25,27). The zero-order chi connectivity index (χ0) is 19.9. The van der Waals surface area contributed by atoms with Crippen LogP contribution < -0.4 is 5.32 Å². The molecule has 0 aliphatic carbocycles. The van der Waals surface area contributed by atoms with Crippen LogP contribution in [-0.2, 0) is 13.1 Å². The lowest BCUT2D eigenvalue weighted by molar-refractivity contribution is 0.0785. The van der Waals surface area contributed by atoms with E-state index in [0.717, 1.165) is 16.7 Å². The molecule has 2 amide bonds. The number of hydrogen-bond acceptors (Lipinski definition) is 3. The van der Waals surface area contributed by atoms with Crippen LogP contribution >= 0.6 is 0 Å². The number of aryl methyl sites for hydroxylation is 1. The Kier molecular flexibility index (Phi) is 6.17. The Morgan fingerprint density at radius 3 is 2.46 bits per heavy atom. The minimum atomic E-state index is -0.304. The summed E-state index contributed by atoms with van der Waals surface area (Å²) in [5.41, 5.74) is 3.87. The van der Waals surface area contributed by atoms with Gasteiger partial charge in [0.15, 0.2) is 0 Å². The van der Waals surface area contributed by atoms with Crippen molar-refractivity contribution in [3.8, 4) is 0 Å².